The second-order valence-electron chi connectivity index (χ2n) is 5.63. The van der Waals surface area contributed by atoms with E-state index in [4.69, 9.17) is 0 Å². The highest BCUT2D eigenvalue weighted by atomic mass is 79.9. The van der Waals surface area contributed by atoms with Crippen LogP contribution >= 0.6 is 50.8 Å². The fraction of sp³-hybridized carbons (Fsp3) is 0.100. The predicted molar refractivity (Wildman–Crippen MR) is 127 cm³/mol. The van der Waals surface area contributed by atoms with Crippen LogP contribution in [-0.2, 0) is 10.5 Å². The van der Waals surface area contributed by atoms with Gasteiger partial charge in [-0.2, -0.15) is 5.10 Å². The lowest BCUT2D eigenvalue weighted by atomic mass is 10.2. The molecule has 148 valence electrons. The highest BCUT2D eigenvalue weighted by Gasteiger charge is 2.08. The van der Waals surface area contributed by atoms with Gasteiger partial charge in [0.1, 0.15) is 0 Å². The van der Waals surface area contributed by atoms with Crippen LogP contribution < -0.4 is 5.43 Å². The second kappa shape index (κ2) is 11.9. The van der Waals surface area contributed by atoms with Gasteiger partial charge in [-0.05, 0) is 33.1 Å². The molecule has 1 amide bonds. The number of hydrazone groups is 1. The number of carbonyl (C=O) groups excluding carboxylic acids is 1. The standard InChI is InChI=1S/C20H17BrN4OS3/c21-17(11-15-7-3-1-4-8-15)12-22-23-18(26)14-28-20-25-24-19(29-20)27-13-16-9-5-2-6-10-16/h1-12H,13-14H2,(H,23,26). The topological polar surface area (TPSA) is 67.2 Å². The molecule has 0 aliphatic heterocycles. The number of thioether (sulfide) groups is 2. The molecule has 29 heavy (non-hydrogen) atoms. The average Bonchev–Trinajstić information content (AvgIpc) is 3.20. The SMILES string of the molecule is O=C(CSc1nnc(SCc2ccccc2)s1)NN=CC(Br)=Cc1ccccc1. The van der Waals surface area contributed by atoms with E-state index < -0.39 is 0 Å². The van der Waals surface area contributed by atoms with Gasteiger partial charge in [0.15, 0.2) is 8.68 Å². The van der Waals surface area contributed by atoms with Crippen LogP contribution in [0.2, 0.25) is 0 Å². The quantitative estimate of drug-likeness (QED) is 0.238. The van der Waals surface area contributed by atoms with Crippen LogP contribution in [0.3, 0.4) is 0 Å². The summed E-state index contributed by atoms with van der Waals surface area (Å²) in [7, 11) is 0. The molecule has 0 aliphatic carbocycles. The summed E-state index contributed by atoms with van der Waals surface area (Å²) < 4.78 is 2.43. The Bertz CT molecular complexity index is 978. The zero-order chi connectivity index (χ0) is 20.3. The van der Waals surface area contributed by atoms with Gasteiger partial charge in [0.25, 0.3) is 5.91 Å². The van der Waals surface area contributed by atoms with Gasteiger partial charge in [-0.15, -0.1) is 10.2 Å². The maximum absolute atomic E-state index is 11.9. The van der Waals surface area contributed by atoms with Crippen molar-refractivity contribution in [1.82, 2.24) is 15.6 Å². The van der Waals surface area contributed by atoms with Crippen molar-refractivity contribution in [2.24, 2.45) is 5.10 Å². The van der Waals surface area contributed by atoms with Crippen LogP contribution in [0.4, 0.5) is 0 Å². The van der Waals surface area contributed by atoms with Gasteiger partial charge in [-0.1, -0.05) is 95.5 Å². The Kier molecular flexibility index (Phi) is 8.94. The van der Waals surface area contributed by atoms with Gasteiger partial charge in [0, 0.05) is 10.2 Å². The summed E-state index contributed by atoms with van der Waals surface area (Å²) in [5.74, 6) is 0.885. The van der Waals surface area contributed by atoms with Gasteiger partial charge in [0.2, 0.25) is 0 Å². The first-order chi connectivity index (χ1) is 14.2. The lowest BCUT2D eigenvalue weighted by Gasteiger charge is -1.98. The van der Waals surface area contributed by atoms with E-state index in [2.05, 4.69) is 48.8 Å². The maximum atomic E-state index is 11.9. The third kappa shape index (κ3) is 8.14. The molecule has 0 saturated carbocycles. The van der Waals surface area contributed by atoms with Crippen LogP contribution in [-0.4, -0.2) is 28.1 Å². The van der Waals surface area contributed by atoms with Crippen LogP contribution in [0.1, 0.15) is 11.1 Å². The van der Waals surface area contributed by atoms with Gasteiger partial charge < -0.3 is 0 Å². The minimum absolute atomic E-state index is 0.194. The Morgan fingerprint density at radius 1 is 1.03 bits per heavy atom. The molecule has 1 heterocycles. The molecular weight excluding hydrogens is 488 g/mol. The molecule has 0 spiro atoms. The van der Waals surface area contributed by atoms with Crippen molar-refractivity contribution in [3.63, 3.8) is 0 Å². The van der Waals surface area contributed by atoms with E-state index in [0.29, 0.717) is 0 Å². The number of nitrogens with one attached hydrogen (secondary N) is 1. The zero-order valence-corrected chi connectivity index (χ0v) is 19.2. The van der Waals surface area contributed by atoms with Crippen molar-refractivity contribution in [2.75, 3.05) is 5.75 Å². The number of aromatic nitrogens is 2. The van der Waals surface area contributed by atoms with Crippen molar-refractivity contribution in [3.8, 4) is 0 Å². The Hall–Kier alpha value is -1.94. The molecule has 9 heteroatoms. The predicted octanol–water partition coefficient (Wildman–Crippen LogP) is 5.46. The van der Waals surface area contributed by atoms with E-state index in [9.17, 15) is 4.79 Å². The number of benzene rings is 2. The number of hydrogen-bond acceptors (Lipinski definition) is 7. The fourth-order valence-corrected chi connectivity index (χ4v) is 5.24. The van der Waals surface area contributed by atoms with Gasteiger partial charge in [-0.25, -0.2) is 5.43 Å². The van der Waals surface area contributed by atoms with E-state index in [1.807, 2.05) is 54.6 Å². The van der Waals surface area contributed by atoms with E-state index in [-0.39, 0.29) is 11.7 Å². The number of nitrogens with zero attached hydrogens (tertiary/aromatic N) is 3. The first-order valence-corrected chi connectivity index (χ1v) is 12.1. The second-order valence-corrected chi connectivity index (χ2v) is 9.97. The molecular formula is C20H17BrN4OS3. The molecule has 0 radical (unpaired) electrons. The molecule has 1 N–H and O–H groups in total. The van der Waals surface area contributed by atoms with Crippen LogP contribution in [0.5, 0.6) is 0 Å². The molecule has 0 bridgehead atoms. The van der Waals surface area contributed by atoms with Crippen LogP contribution in [0, 0.1) is 0 Å². The highest BCUT2D eigenvalue weighted by molar-refractivity contribution is 9.12. The van der Waals surface area contributed by atoms with Gasteiger partial charge >= 0.3 is 0 Å². The number of hydrogen-bond donors (Lipinski definition) is 1. The van der Waals surface area contributed by atoms with Crippen LogP contribution in [0.25, 0.3) is 6.08 Å². The fourth-order valence-electron chi connectivity index (χ4n) is 2.10. The number of amides is 1. The van der Waals surface area contributed by atoms with Gasteiger partial charge in [0.05, 0.1) is 12.0 Å². The molecule has 3 rings (SSSR count). The number of allylic oxidation sites excluding steroid dienone is 1. The molecule has 0 atom stereocenters. The van der Waals surface area contributed by atoms with E-state index in [1.54, 1.807) is 18.0 Å². The minimum atomic E-state index is -0.194. The first-order valence-electron chi connectivity index (χ1n) is 8.56. The maximum Gasteiger partial charge on any atom is 0.250 e. The van der Waals surface area contributed by atoms with Crippen molar-refractivity contribution in [3.05, 3.63) is 76.3 Å². The van der Waals surface area contributed by atoms with E-state index >= 15 is 0 Å². The molecule has 0 fully saturated rings. The third-order valence-corrected chi connectivity index (χ3v) is 7.10. The van der Waals surface area contributed by atoms with E-state index in [1.165, 1.54) is 28.7 Å². The molecule has 2 aromatic carbocycles. The minimum Gasteiger partial charge on any atom is -0.272 e. The Balaban J connectivity index is 1.39. The zero-order valence-electron chi connectivity index (χ0n) is 15.2. The normalized spacial score (nSPS) is 11.7. The van der Waals surface area contributed by atoms with Crippen molar-refractivity contribution >= 4 is 69.0 Å². The average molecular weight is 505 g/mol. The summed E-state index contributed by atoms with van der Waals surface area (Å²) in [6.07, 6.45) is 3.47. The summed E-state index contributed by atoms with van der Waals surface area (Å²) in [6.45, 7) is 0. The Morgan fingerprint density at radius 3 is 2.41 bits per heavy atom. The summed E-state index contributed by atoms with van der Waals surface area (Å²) >= 11 is 7.90. The summed E-state index contributed by atoms with van der Waals surface area (Å²) in [5.41, 5.74) is 4.80. The number of rotatable bonds is 9. The lowest BCUT2D eigenvalue weighted by Crippen LogP contribution is -2.19. The molecule has 1 aromatic heterocycles. The summed E-state index contributed by atoms with van der Waals surface area (Å²) in [4.78, 5) is 11.9. The smallest absolute Gasteiger partial charge is 0.250 e. The Labute approximate surface area is 190 Å². The van der Waals surface area contributed by atoms with Crippen molar-refractivity contribution in [2.45, 2.75) is 14.4 Å². The first kappa shape index (κ1) is 21.8. The molecule has 3 aromatic rings. The molecule has 0 aliphatic rings. The third-order valence-electron chi connectivity index (χ3n) is 3.40. The van der Waals surface area contributed by atoms with Crippen LogP contribution in [0.15, 0.2) is 78.9 Å². The van der Waals surface area contributed by atoms with Crippen molar-refractivity contribution in [1.29, 1.82) is 0 Å². The largest absolute Gasteiger partial charge is 0.272 e. The monoisotopic (exact) mass is 504 g/mol. The van der Waals surface area contributed by atoms with E-state index in [0.717, 1.165) is 24.5 Å². The lowest BCUT2D eigenvalue weighted by molar-refractivity contribution is -0.118. The molecule has 0 unspecified atom stereocenters. The van der Waals surface area contributed by atoms with Gasteiger partial charge in [-0.3, -0.25) is 4.79 Å². The number of halogens is 1. The summed E-state index contributed by atoms with van der Waals surface area (Å²) in [5, 5.41) is 12.3. The summed E-state index contributed by atoms with van der Waals surface area (Å²) in [6, 6.07) is 20.1. The highest BCUT2D eigenvalue weighted by Crippen LogP contribution is 2.30. The van der Waals surface area contributed by atoms with Crippen molar-refractivity contribution < 1.29 is 4.79 Å². The number of carbonyl (C=O) groups is 1. The molecule has 0 saturated heterocycles. The molecule has 5 nitrogen and oxygen atoms in total. The Morgan fingerprint density at radius 2 is 1.69 bits per heavy atom.